The van der Waals surface area contributed by atoms with Gasteiger partial charge < -0.3 is 14.5 Å². The number of hydrogen-bond donors (Lipinski definition) is 0. The topological polar surface area (TPSA) is 58.6 Å². The van der Waals surface area contributed by atoms with E-state index in [0.717, 1.165) is 53.9 Å². The van der Waals surface area contributed by atoms with Gasteiger partial charge in [-0.2, -0.15) is 0 Å². The zero-order chi connectivity index (χ0) is 17.9. The minimum absolute atomic E-state index is 0.0167. The summed E-state index contributed by atoms with van der Waals surface area (Å²) in [7, 11) is 0. The molecule has 2 saturated heterocycles. The first-order valence-electron chi connectivity index (χ1n) is 9.35. The molecule has 7 heteroatoms. The van der Waals surface area contributed by atoms with Crippen molar-refractivity contribution in [3.8, 4) is 5.75 Å². The van der Waals surface area contributed by atoms with Crippen molar-refractivity contribution < 1.29 is 9.53 Å². The van der Waals surface area contributed by atoms with E-state index in [0.29, 0.717) is 6.54 Å². The number of pyridine rings is 1. The number of likely N-dealkylation sites (tertiary alicyclic amines) is 1. The largest absolute Gasteiger partial charge is 0.485 e. The van der Waals surface area contributed by atoms with Gasteiger partial charge in [-0.1, -0.05) is 6.92 Å². The van der Waals surface area contributed by atoms with Crippen molar-refractivity contribution in [2.24, 2.45) is 0 Å². The van der Waals surface area contributed by atoms with E-state index in [9.17, 15) is 4.79 Å². The zero-order valence-electron chi connectivity index (χ0n) is 15.1. The van der Waals surface area contributed by atoms with Gasteiger partial charge in [0.1, 0.15) is 11.0 Å². The molecule has 138 valence electrons. The minimum Gasteiger partial charge on any atom is -0.485 e. The standard InChI is InChI=1S/C19H24N4O2S/c1-2-17-21-12-16(26-17)19(24)23-11-7-14(13-23)25-15-6-5-8-20-18(15)22-9-3-4-10-22/h5-6,8,12,14H,2-4,7,9-11,13H2,1H3. The monoisotopic (exact) mass is 372 g/mol. The number of nitrogens with zero attached hydrogens (tertiary/aromatic N) is 4. The number of hydrogen-bond acceptors (Lipinski definition) is 6. The Balaban J connectivity index is 1.41. The second kappa shape index (κ2) is 7.61. The lowest BCUT2D eigenvalue weighted by Gasteiger charge is -2.22. The lowest BCUT2D eigenvalue weighted by atomic mass is 10.3. The highest BCUT2D eigenvalue weighted by Crippen LogP contribution is 2.30. The smallest absolute Gasteiger partial charge is 0.265 e. The Hall–Kier alpha value is -2.15. The molecule has 0 bridgehead atoms. The molecule has 2 fully saturated rings. The van der Waals surface area contributed by atoms with Crippen LogP contribution in [0.5, 0.6) is 5.75 Å². The fourth-order valence-electron chi connectivity index (χ4n) is 3.56. The van der Waals surface area contributed by atoms with E-state index in [2.05, 4.69) is 21.8 Å². The van der Waals surface area contributed by atoms with Gasteiger partial charge in [-0.25, -0.2) is 9.97 Å². The molecule has 4 rings (SSSR count). The van der Waals surface area contributed by atoms with Crippen LogP contribution in [0.15, 0.2) is 24.5 Å². The number of aromatic nitrogens is 2. The number of rotatable bonds is 5. The first-order chi connectivity index (χ1) is 12.7. The molecular formula is C19H24N4O2S. The van der Waals surface area contributed by atoms with Gasteiger partial charge in [0.2, 0.25) is 0 Å². The summed E-state index contributed by atoms with van der Waals surface area (Å²) in [4.78, 5) is 26.4. The molecule has 2 aromatic heterocycles. The van der Waals surface area contributed by atoms with Gasteiger partial charge >= 0.3 is 0 Å². The summed E-state index contributed by atoms with van der Waals surface area (Å²) >= 11 is 1.49. The number of amides is 1. The van der Waals surface area contributed by atoms with Crippen molar-refractivity contribution in [3.05, 3.63) is 34.4 Å². The van der Waals surface area contributed by atoms with E-state index in [-0.39, 0.29) is 12.0 Å². The van der Waals surface area contributed by atoms with Crippen molar-refractivity contribution in [3.63, 3.8) is 0 Å². The van der Waals surface area contributed by atoms with Crippen LogP contribution >= 0.6 is 11.3 Å². The zero-order valence-corrected chi connectivity index (χ0v) is 15.9. The summed E-state index contributed by atoms with van der Waals surface area (Å²) in [5.74, 6) is 1.84. The van der Waals surface area contributed by atoms with Crippen LogP contribution in [0.25, 0.3) is 0 Å². The van der Waals surface area contributed by atoms with Crippen LogP contribution in [0.3, 0.4) is 0 Å². The molecule has 6 nitrogen and oxygen atoms in total. The molecule has 0 aromatic carbocycles. The molecule has 1 unspecified atom stereocenters. The van der Waals surface area contributed by atoms with E-state index in [1.807, 2.05) is 23.2 Å². The molecule has 2 aliphatic heterocycles. The Morgan fingerprint density at radius 1 is 1.31 bits per heavy atom. The van der Waals surface area contributed by atoms with E-state index in [1.54, 1.807) is 6.20 Å². The van der Waals surface area contributed by atoms with E-state index in [1.165, 1.54) is 24.2 Å². The fourth-order valence-corrected chi connectivity index (χ4v) is 4.38. The molecule has 0 radical (unpaired) electrons. The molecule has 0 spiro atoms. The number of anilines is 1. The third kappa shape index (κ3) is 3.53. The summed E-state index contributed by atoms with van der Waals surface area (Å²) < 4.78 is 6.25. The van der Waals surface area contributed by atoms with Gasteiger partial charge in [0, 0.05) is 32.3 Å². The third-order valence-electron chi connectivity index (χ3n) is 4.95. The maximum absolute atomic E-state index is 12.7. The molecular weight excluding hydrogens is 348 g/mol. The minimum atomic E-state index is 0.0167. The fraction of sp³-hybridized carbons (Fsp3) is 0.526. The average molecular weight is 372 g/mol. The maximum Gasteiger partial charge on any atom is 0.265 e. The van der Waals surface area contributed by atoms with Gasteiger partial charge in [-0.3, -0.25) is 4.79 Å². The van der Waals surface area contributed by atoms with Crippen LogP contribution in [-0.2, 0) is 6.42 Å². The van der Waals surface area contributed by atoms with Crippen LogP contribution in [0.1, 0.15) is 40.9 Å². The van der Waals surface area contributed by atoms with Crippen LogP contribution < -0.4 is 9.64 Å². The van der Waals surface area contributed by atoms with Crippen molar-refractivity contribution in [2.45, 2.75) is 38.7 Å². The Labute approximate surface area is 157 Å². The van der Waals surface area contributed by atoms with Gasteiger partial charge in [-0.05, 0) is 31.4 Å². The Bertz CT molecular complexity index is 772. The first-order valence-corrected chi connectivity index (χ1v) is 10.2. The van der Waals surface area contributed by atoms with Gasteiger partial charge in [-0.15, -0.1) is 11.3 Å². The van der Waals surface area contributed by atoms with Crippen LogP contribution in [0.2, 0.25) is 0 Å². The molecule has 1 amide bonds. The lowest BCUT2D eigenvalue weighted by Crippen LogP contribution is -2.30. The highest BCUT2D eigenvalue weighted by molar-refractivity contribution is 7.13. The maximum atomic E-state index is 12.7. The molecule has 26 heavy (non-hydrogen) atoms. The lowest BCUT2D eigenvalue weighted by molar-refractivity contribution is 0.0777. The molecule has 0 saturated carbocycles. The molecule has 1 atom stereocenters. The second-order valence-electron chi connectivity index (χ2n) is 6.77. The Kier molecular flexibility index (Phi) is 5.06. The molecule has 0 aliphatic carbocycles. The van der Waals surface area contributed by atoms with Crippen LogP contribution in [0.4, 0.5) is 5.82 Å². The summed E-state index contributed by atoms with van der Waals surface area (Å²) in [5.41, 5.74) is 0. The van der Waals surface area contributed by atoms with Crippen LogP contribution in [-0.4, -0.2) is 53.1 Å². The SMILES string of the molecule is CCc1ncc(C(=O)N2CCC(Oc3cccnc3N3CCCC3)C2)s1. The number of carbonyl (C=O) groups is 1. The van der Waals surface area contributed by atoms with E-state index in [4.69, 9.17) is 4.74 Å². The highest BCUT2D eigenvalue weighted by Gasteiger charge is 2.30. The van der Waals surface area contributed by atoms with Crippen molar-refractivity contribution in [2.75, 3.05) is 31.1 Å². The third-order valence-corrected chi connectivity index (χ3v) is 6.08. The van der Waals surface area contributed by atoms with E-state index < -0.39 is 0 Å². The van der Waals surface area contributed by atoms with Crippen molar-refractivity contribution in [1.82, 2.24) is 14.9 Å². The Morgan fingerprint density at radius 3 is 2.92 bits per heavy atom. The normalized spacial score (nSPS) is 20.0. The predicted molar refractivity (Wildman–Crippen MR) is 102 cm³/mol. The quantitative estimate of drug-likeness (QED) is 0.808. The number of thiazole rings is 1. The van der Waals surface area contributed by atoms with Crippen molar-refractivity contribution in [1.29, 1.82) is 0 Å². The van der Waals surface area contributed by atoms with Gasteiger partial charge in [0.25, 0.3) is 5.91 Å². The number of carbonyl (C=O) groups excluding carboxylic acids is 1. The summed E-state index contributed by atoms with van der Waals surface area (Å²) in [6.45, 7) is 5.47. The molecule has 2 aliphatic rings. The first kappa shape index (κ1) is 17.3. The summed E-state index contributed by atoms with van der Waals surface area (Å²) in [6.07, 6.45) is 7.66. The van der Waals surface area contributed by atoms with Gasteiger partial charge in [0.15, 0.2) is 11.6 Å². The van der Waals surface area contributed by atoms with Gasteiger partial charge in [0.05, 0.1) is 17.7 Å². The van der Waals surface area contributed by atoms with E-state index >= 15 is 0 Å². The van der Waals surface area contributed by atoms with Crippen LogP contribution in [0, 0.1) is 0 Å². The summed E-state index contributed by atoms with van der Waals surface area (Å²) in [5, 5.41) is 1.01. The van der Waals surface area contributed by atoms with Crippen molar-refractivity contribution >= 4 is 23.1 Å². The second-order valence-corrected chi connectivity index (χ2v) is 7.89. The molecule has 4 heterocycles. The molecule has 0 N–H and O–H groups in total. The Morgan fingerprint density at radius 2 is 2.15 bits per heavy atom. The molecule has 2 aromatic rings. The number of aryl methyl sites for hydroxylation is 1. The summed E-state index contributed by atoms with van der Waals surface area (Å²) in [6, 6.07) is 3.90. The number of ether oxygens (including phenoxy) is 1. The highest BCUT2D eigenvalue weighted by atomic mass is 32.1. The average Bonchev–Trinajstić information content (AvgIpc) is 3.42. The predicted octanol–water partition coefficient (Wildman–Crippen LogP) is 2.99.